The Hall–Kier alpha value is -2.89. The van der Waals surface area contributed by atoms with Gasteiger partial charge < -0.3 is 10.1 Å². The van der Waals surface area contributed by atoms with Crippen molar-refractivity contribution in [1.82, 2.24) is 0 Å². The summed E-state index contributed by atoms with van der Waals surface area (Å²) in [5, 5.41) is 14.0. The van der Waals surface area contributed by atoms with Gasteiger partial charge in [0, 0.05) is 18.2 Å². The average molecular weight is 286 g/mol. The molecule has 0 aliphatic heterocycles. The standard InChI is InChI=1S/C15H14N2O4/c1-21-13-5-2-11(3-6-13)9-16-14-7-4-12(10-18)8-15(14)17(19)20/h2-8,10,16H,9H2,1H3. The zero-order valence-electron chi connectivity index (χ0n) is 11.4. The molecule has 0 fully saturated rings. The number of nitro groups is 1. The van der Waals surface area contributed by atoms with Gasteiger partial charge in [0.05, 0.1) is 12.0 Å². The molecule has 0 aromatic heterocycles. The van der Waals surface area contributed by atoms with Crippen LogP contribution in [0, 0.1) is 10.1 Å². The zero-order chi connectivity index (χ0) is 15.2. The number of nitrogens with zero attached hydrogens (tertiary/aromatic N) is 1. The van der Waals surface area contributed by atoms with Gasteiger partial charge in [-0.25, -0.2) is 0 Å². The summed E-state index contributed by atoms with van der Waals surface area (Å²) in [5.41, 5.74) is 1.50. The normalized spacial score (nSPS) is 9.95. The van der Waals surface area contributed by atoms with Crippen molar-refractivity contribution in [2.75, 3.05) is 12.4 Å². The molecule has 2 aromatic carbocycles. The van der Waals surface area contributed by atoms with E-state index < -0.39 is 4.92 Å². The molecule has 21 heavy (non-hydrogen) atoms. The van der Waals surface area contributed by atoms with Crippen LogP contribution in [0.25, 0.3) is 0 Å². The Labute approximate surface area is 121 Å². The number of rotatable bonds is 6. The molecule has 0 saturated heterocycles. The van der Waals surface area contributed by atoms with Crippen LogP contribution in [0.15, 0.2) is 42.5 Å². The quantitative estimate of drug-likeness (QED) is 0.501. The van der Waals surface area contributed by atoms with Crippen molar-refractivity contribution in [1.29, 1.82) is 0 Å². The van der Waals surface area contributed by atoms with E-state index >= 15 is 0 Å². The fourth-order valence-corrected chi connectivity index (χ4v) is 1.86. The summed E-state index contributed by atoms with van der Waals surface area (Å²) in [6.45, 7) is 0.436. The molecule has 0 bridgehead atoms. The molecule has 108 valence electrons. The lowest BCUT2D eigenvalue weighted by Crippen LogP contribution is -2.03. The van der Waals surface area contributed by atoms with Gasteiger partial charge in [0.15, 0.2) is 0 Å². The van der Waals surface area contributed by atoms with Gasteiger partial charge in [0.2, 0.25) is 0 Å². The summed E-state index contributed by atoms with van der Waals surface area (Å²) in [4.78, 5) is 21.2. The number of carbonyl (C=O) groups is 1. The van der Waals surface area contributed by atoms with Crippen LogP contribution in [-0.2, 0) is 6.54 Å². The minimum Gasteiger partial charge on any atom is -0.497 e. The van der Waals surface area contributed by atoms with Crippen LogP contribution in [0.1, 0.15) is 15.9 Å². The van der Waals surface area contributed by atoms with Crippen molar-refractivity contribution in [3.05, 3.63) is 63.7 Å². The summed E-state index contributed by atoms with van der Waals surface area (Å²) in [7, 11) is 1.59. The molecule has 0 amide bonds. The van der Waals surface area contributed by atoms with Crippen LogP contribution in [0.3, 0.4) is 0 Å². The summed E-state index contributed by atoms with van der Waals surface area (Å²) in [6.07, 6.45) is 0.584. The highest BCUT2D eigenvalue weighted by Gasteiger charge is 2.14. The smallest absolute Gasteiger partial charge is 0.293 e. The molecule has 0 aliphatic rings. The van der Waals surface area contributed by atoms with E-state index in [1.54, 1.807) is 7.11 Å². The summed E-state index contributed by atoms with van der Waals surface area (Å²) >= 11 is 0. The molecule has 0 atom stereocenters. The van der Waals surface area contributed by atoms with Gasteiger partial charge >= 0.3 is 0 Å². The van der Waals surface area contributed by atoms with E-state index in [2.05, 4.69) is 5.32 Å². The molecular formula is C15H14N2O4. The molecule has 0 radical (unpaired) electrons. The van der Waals surface area contributed by atoms with E-state index in [1.165, 1.54) is 18.2 Å². The van der Waals surface area contributed by atoms with E-state index in [4.69, 9.17) is 4.74 Å². The van der Waals surface area contributed by atoms with Crippen LogP contribution in [-0.4, -0.2) is 18.3 Å². The third kappa shape index (κ3) is 3.56. The fourth-order valence-electron chi connectivity index (χ4n) is 1.86. The molecule has 1 N–H and O–H groups in total. The van der Waals surface area contributed by atoms with E-state index in [-0.39, 0.29) is 11.3 Å². The first-order chi connectivity index (χ1) is 10.1. The second-order valence-corrected chi connectivity index (χ2v) is 4.35. The van der Waals surface area contributed by atoms with Gasteiger partial charge in [-0.15, -0.1) is 0 Å². The lowest BCUT2D eigenvalue weighted by atomic mass is 10.1. The van der Waals surface area contributed by atoms with Gasteiger partial charge in [-0.1, -0.05) is 12.1 Å². The second kappa shape index (κ2) is 6.51. The van der Waals surface area contributed by atoms with Gasteiger partial charge in [-0.2, -0.15) is 0 Å². The van der Waals surface area contributed by atoms with Gasteiger partial charge in [0.25, 0.3) is 5.69 Å². The van der Waals surface area contributed by atoms with Crippen molar-refractivity contribution >= 4 is 17.7 Å². The van der Waals surface area contributed by atoms with Crippen LogP contribution < -0.4 is 10.1 Å². The molecule has 0 saturated carbocycles. The number of ether oxygens (including phenoxy) is 1. The molecule has 0 unspecified atom stereocenters. The number of anilines is 1. The molecule has 2 rings (SSSR count). The number of hydrogen-bond donors (Lipinski definition) is 1. The minimum atomic E-state index is -0.511. The highest BCUT2D eigenvalue weighted by atomic mass is 16.6. The number of aldehydes is 1. The van der Waals surface area contributed by atoms with Crippen molar-refractivity contribution < 1.29 is 14.5 Å². The summed E-state index contributed by atoms with van der Waals surface area (Å²) in [6, 6.07) is 11.7. The number of nitrogens with one attached hydrogen (secondary N) is 1. The molecule has 6 nitrogen and oxygen atoms in total. The highest BCUT2D eigenvalue weighted by molar-refractivity contribution is 5.79. The zero-order valence-corrected chi connectivity index (χ0v) is 11.4. The van der Waals surface area contributed by atoms with Crippen molar-refractivity contribution in [3.63, 3.8) is 0 Å². The van der Waals surface area contributed by atoms with Crippen molar-refractivity contribution in [2.45, 2.75) is 6.54 Å². The number of benzene rings is 2. The first-order valence-corrected chi connectivity index (χ1v) is 6.24. The molecule has 6 heteroatoms. The number of hydrogen-bond acceptors (Lipinski definition) is 5. The lowest BCUT2D eigenvalue weighted by Gasteiger charge is -2.08. The van der Waals surface area contributed by atoms with Gasteiger partial charge in [-0.3, -0.25) is 14.9 Å². The van der Waals surface area contributed by atoms with Crippen molar-refractivity contribution in [3.8, 4) is 5.75 Å². The van der Waals surface area contributed by atoms with E-state index in [0.717, 1.165) is 11.3 Å². The Morgan fingerprint density at radius 1 is 1.24 bits per heavy atom. The summed E-state index contributed by atoms with van der Waals surface area (Å²) in [5.74, 6) is 0.750. The third-order valence-corrected chi connectivity index (χ3v) is 3.00. The predicted octanol–water partition coefficient (Wildman–Crippen LogP) is 3.03. The van der Waals surface area contributed by atoms with Gasteiger partial charge in [-0.05, 0) is 29.8 Å². The van der Waals surface area contributed by atoms with Crippen LogP contribution in [0.5, 0.6) is 5.75 Å². The van der Waals surface area contributed by atoms with Crippen LogP contribution in [0.2, 0.25) is 0 Å². The van der Waals surface area contributed by atoms with Crippen LogP contribution in [0.4, 0.5) is 11.4 Å². The van der Waals surface area contributed by atoms with E-state index in [9.17, 15) is 14.9 Å². The lowest BCUT2D eigenvalue weighted by molar-refractivity contribution is -0.384. The van der Waals surface area contributed by atoms with Crippen LogP contribution >= 0.6 is 0 Å². The number of nitro benzene ring substituents is 1. The second-order valence-electron chi connectivity index (χ2n) is 4.35. The predicted molar refractivity (Wildman–Crippen MR) is 78.8 cm³/mol. The summed E-state index contributed by atoms with van der Waals surface area (Å²) < 4.78 is 5.07. The Bertz CT molecular complexity index is 653. The Morgan fingerprint density at radius 2 is 1.95 bits per heavy atom. The number of carbonyl (C=O) groups excluding carboxylic acids is 1. The first-order valence-electron chi connectivity index (χ1n) is 6.24. The minimum absolute atomic E-state index is 0.117. The molecule has 2 aromatic rings. The Balaban J connectivity index is 2.15. The third-order valence-electron chi connectivity index (χ3n) is 3.00. The molecule has 0 aliphatic carbocycles. The average Bonchev–Trinajstić information content (AvgIpc) is 2.53. The first kappa shape index (κ1) is 14.5. The van der Waals surface area contributed by atoms with Crippen molar-refractivity contribution in [2.24, 2.45) is 0 Å². The monoisotopic (exact) mass is 286 g/mol. The van der Waals surface area contributed by atoms with E-state index in [1.807, 2.05) is 24.3 Å². The van der Waals surface area contributed by atoms with E-state index in [0.29, 0.717) is 18.5 Å². The Kier molecular flexibility index (Phi) is 4.50. The SMILES string of the molecule is COc1ccc(CNc2ccc(C=O)cc2[N+](=O)[O-])cc1. The molecular weight excluding hydrogens is 272 g/mol. The fraction of sp³-hybridized carbons (Fsp3) is 0.133. The largest absolute Gasteiger partial charge is 0.497 e. The number of methoxy groups -OCH3 is 1. The molecule has 0 spiro atoms. The van der Waals surface area contributed by atoms with Gasteiger partial charge in [0.1, 0.15) is 17.7 Å². The Morgan fingerprint density at radius 3 is 2.52 bits per heavy atom. The maximum Gasteiger partial charge on any atom is 0.293 e. The highest BCUT2D eigenvalue weighted by Crippen LogP contribution is 2.25. The maximum absolute atomic E-state index is 11.0. The molecule has 0 heterocycles. The maximum atomic E-state index is 11.0. The topological polar surface area (TPSA) is 81.5 Å².